The third-order valence-electron chi connectivity index (χ3n) is 3.73. The number of ether oxygens (including phenoxy) is 2. The van der Waals surface area contributed by atoms with Gasteiger partial charge in [0.1, 0.15) is 11.5 Å². The zero-order chi connectivity index (χ0) is 21.3. The third-order valence-corrected chi connectivity index (χ3v) is 4.26. The average molecular weight is 443 g/mol. The monoisotopic (exact) mass is 442 g/mol. The zero-order valence-electron chi connectivity index (χ0n) is 15.5. The second-order valence-corrected chi connectivity index (χ2v) is 6.83. The number of nitrogens with zero attached hydrogens (tertiary/aromatic N) is 1. The summed E-state index contributed by atoms with van der Waals surface area (Å²) in [6, 6.07) is 20.1. The predicted octanol–water partition coefficient (Wildman–Crippen LogP) is 4.74. The number of halogens is 2. The Labute approximate surface area is 183 Å². The second kappa shape index (κ2) is 10.4. The molecule has 0 heterocycles. The third kappa shape index (κ3) is 6.34. The van der Waals surface area contributed by atoms with Crippen LogP contribution in [0.1, 0.15) is 15.9 Å². The minimum absolute atomic E-state index is 0.270. The molecule has 30 heavy (non-hydrogen) atoms. The van der Waals surface area contributed by atoms with Crippen LogP contribution >= 0.6 is 23.2 Å². The van der Waals surface area contributed by atoms with E-state index in [0.717, 1.165) is 0 Å². The van der Waals surface area contributed by atoms with Crippen molar-refractivity contribution in [2.75, 3.05) is 6.61 Å². The summed E-state index contributed by atoms with van der Waals surface area (Å²) in [5, 5.41) is 4.65. The number of hydrogen-bond acceptors (Lipinski definition) is 5. The van der Waals surface area contributed by atoms with Crippen molar-refractivity contribution in [1.29, 1.82) is 0 Å². The second-order valence-electron chi connectivity index (χ2n) is 5.98. The molecule has 8 heteroatoms. The quantitative estimate of drug-likeness (QED) is 0.248. The summed E-state index contributed by atoms with van der Waals surface area (Å²) in [5.41, 5.74) is 3.43. The fraction of sp³-hybridized carbons (Fsp3) is 0.0455. The molecule has 1 N–H and O–H groups in total. The molecule has 3 aromatic rings. The van der Waals surface area contributed by atoms with Crippen molar-refractivity contribution >= 4 is 41.3 Å². The molecule has 3 aromatic carbocycles. The van der Waals surface area contributed by atoms with Crippen LogP contribution in [0.15, 0.2) is 77.9 Å². The van der Waals surface area contributed by atoms with E-state index in [1.807, 2.05) is 6.07 Å². The van der Waals surface area contributed by atoms with Crippen LogP contribution in [-0.4, -0.2) is 24.7 Å². The summed E-state index contributed by atoms with van der Waals surface area (Å²) in [4.78, 5) is 24.0. The lowest BCUT2D eigenvalue weighted by Gasteiger charge is -2.07. The van der Waals surface area contributed by atoms with Gasteiger partial charge in [0.05, 0.1) is 16.8 Å². The van der Waals surface area contributed by atoms with Crippen LogP contribution in [-0.2, 0) is 4.79 Å². The first-order chi connectivity index (χ1) is 14.5. The van der Waals surface area contributed by atoms with E-state index in [-0.39, 0.29) is 6.61 Å². The van der Waals surface area contributed by atoms with Crippen LogP contribution in [0.4, 0.5) is 0 Å². The Kier molecular flexibility index (Phi) is 7.43. The SMILES string of the molecule is O=C(COc1ccc(Cl)cc1Cl)N/N=C/c1cccc(OC(=O)c2ccccc2)c1. The molecule has 3 rings (SSSR count). The van der Waals surface area contributed by atoms with Crippen LogP contribution in [0.25, 0.3) is 0 Å². The highest BCUT2D eigenvalue weighted by Crippen LogP contribution is 2.27. The molecular weight excluding hydrogens is 427 g/mol. The maximum Gasteiger partial charge on any atom is 0.343 e. The van der Waals surface area contributed by atoms with Gasteiger partial charge in [0, 0.05) is 5.02 Å². The van der Waals surface area contributed by atoms with Crippen LogP contribution in [0.3, 0.4) is 0 Å². The lowest BCUT2D eigenvalue weighted by atomic mass is 10.2. The first-order valence-corrected chi connectivity index (χ1v) is 9.54. The minimum atomic E-state index is -0.469. The van der Waals surface area contributed by atoms with Gasteiger partial charge in [-0.2, -0.15) is 5.10 Å². The number of amides is 1. The molecule has 0 aliphatic rings. The molecule has 0 saturated carbocycles. The van der Waals surface area contributed by atoms with Gasteiger partial charge in [-0.25, -0.2) is 10.2 Å². The van der Waals surface area contributed by atoms with Crippen LogP contribution in [0, 0.1) is 0 Å². The van der Waals surface area contributed by atoms with Gasteiger partial charge in [-0.05, 0) is 48.0 Å². The maximum atomic E-state index is 12.1. The lowest BCUT2D eigenvalue weighted by Crippen LogP contribution is -2.24. The van der Waals surface area contributed by atoms with E-state index in [1.54, 1.807) is 60.7 Å². The molecule has 0 bridgehead atoms. The summed E-state index contributed by atoms with van der Waals surface area (Å²) in [5.74, 6) is -0.229. The summed E-state index contributed by atoms with van der Waals surface area (Å²) in [6.45, 7) is -0.270. The molecule has 0 unspecified atom stereocenters. The fourth-order valence-corrected chi connectivity index (χ4v) is 2.81. The van der Waals surface area contributed by atoms with Gasteiger partial charge in [0.25, 0.3) is 5.91 Å². The van der Waals surface area contributed by atoms with Crippen molar-refractivity contribution in [3.05, 3.63) is 94.0 Å². The zero-order valence-corrected chi connectivity index (χ0v) is 17.1. The summed E-state index contributed by atoms with van der Waals surface area (Å²) in [6.07, 6.45) is 1.42. The highest BCUT2D eigenvalue weighted by molar-refractivity contribution is 6.35. The molecule has 0 spiro atoms. The fourth-order valence-electron chi connectivity index (χ4n) is 2.35. The number of carbonyl (C=O) groups excluding carboxylic acids is 2. The standard InChI is InChI=1S/C22H16Cl2N2O4/c23-17-9-10-20(19(24)12-17)29-14-21(27)26-25-13-15-5-4-8-18(11-15)30-22(28)16-6-2-1-3-7-16/h1-13H,14H2,(H,26,27)/b25-13+. The van der Waals surface area contributed by atoms with Gasteiger partial charge in [-0.3, -0.25) is 4.79 Å². The van der Waals surface area contributed by atoms with Crippen molar-refractivity contribution in [1.82, 2.24) is 5.43 Å². The van der Waals surface area contributed by atoms with Gasteiger partial charge in [-0.1, -0.05) is 53.5 Å². The first kappa shape index (κ1) is 21.4. The van der Waals surface area contributed by atoms with Crippen LogP contribution in [0.5, 0.6) is 11.5 Å². The number of carbonyl (C=O) groups is 2. The topological polar surface area (TPSA) is 77.0 Å². The Morgan fingerprint density at radius 3 is 2.53 bits per heavy atom. The van der Waals surface area contributed by atoms with Crippen LogP contribution < -0.4 is 14.9 Å². The normalized spacial score (nSPS) is 10.6. The highest BCUT2D eigenvalue weighted by Gasteiger charge is 2.08. The van der Waals surface area contributed by atoms with Gasteiger partial charge in [0.2, 0.25) is 0 Å². The van der Waals surface area contributed by atoms with Crippen molar-refractivity contribution in [2.24, 2.45) is 5.10 Å². The minimum Gasteiger partial charge on any atom is -0.482 e. The summed E-state index contributed by atoms with van der Waals surface area (Å²) >= 11 is 11.8. The number of benzene rings is 3. The van der Waals surface area contributed by atoms with Gasteiger partial charge in [0.15, 0.2) is 6.61 Å². The summed E-state index contributed by atoms with van der Waals surface area (Å²) < 4.78 is 10.7. The molecular formula is C22H16Cl2N2O4. The van der Waals surface area contributed by atoms with E-state index in [9.17, 15) is 9.59 Å². The molecule has 0 aromatic heterocycles. The maximum absolute atomic E-state index is 12.1. The first-order valence-electron chi connectivity index (χ1n) is 8.78. The molecule has 0 aliphatic heterocycles. The molecule has 0 aliphatic carbocycles. The van der Waals surface area contributed by atoms with E-state index in [1.165, 1.54) is 12.3 Å². The van der Waals surface area contributed by atoms with Crippen molar-refractivity contribution < 1.29 is 19.1 Å². The van der Waals surface area contributed by atoms with Crippen LogP contribution in [0.2, 0.25) is 10.0 Å². The summed E-state index contributed by atoms with van der Waals surface area (Å²) in [7, 11) is 0. The molecule has 6 nitrogen and oxygen atoms in total. The molecule has 0 atom stereocenters. The molecule has 1 amide bonds. The number of nitrogens with one attached hydrogen (secondary N) is 1. The number of esters is 1. The van der Waals surface area contributed by atoms with Gasteiger partial charge < -0.3 is 9.47 Å². The Hall–Kier alpha value is -3.35. The van der Waals surface area contributed by atoms with E-state index >= 15 is 0 Å². The van der Waals surface area contributed by atoms with Crippen molar-refractivity contribution in [3.63, 3.8) is 0 Å². The van der Waals surface area contributed by atoms with E-state index in [0.29, 0.717) is 32.7 Å². The Morgan fingerprint density at radius 1 is 0.967 bits per heavy atom. The number of hydrazone groups is 1. The van der Waals surface area contributed by atoms with Crippen molar-refractivity contribution in [3.8, 4) is 11.5 Å². The van der Waals surface area contributed by atoms with E-state index in [4.69, 9.17) is 32.7 Å². The predicted molar refractivity (Wildman–Crippen MR) is 116 cm³/mol. The molecule has 0 saturated heterocycles. The number of rotatable bonds is 7. The Balaban J connectivity index is 1.51. The smallest absolute Gasteiger partial charge is 0.343 e. The largest absolute Gasteiger partial charge is 0.482 e. The molecule has 152 valence electrons. The molecule has 0 fully saturated rings. The average Bonchev–Trinajstić information content (AvgIpc) is 2.74. The number of hydrogen-bond donors (Lipinski definition) is 1. The van der Waals surface area contributed by atoms with Crippen molar-refractivity contribution in [2.45, 2.75) is 0 Å². The Bertz CT molecular complexity index is 1070. The van der Waals surface area contributed by atoms with Gasteiger partial charge >= 0.3 is 5.97 Å². The Morgan fingerprint density at radius 2 is 1.77 bits per heavy atom. The highest BCUT2D eigenvalue weighted by atomic mass is 35.5. The lowest BCUT2D eigenvalue weighted by molar-refractivity contribution is -0.123. The van der Waals surface area contributed by atoms with E-state index < -0.39 is 11.9 Å². The van der Waals surface area contributed by atoms with E-state index in [2.05, 4.69) is 10.5 Å². The molecule has 0 radical (unpaired) electrons. The van der Waals surface area contributed by atoms with Gasteiger partial charge in [-0.15, -0.1) is 0 Å².